The highest BCUT2D eigenvalue weighted by Crippen LogP contribution is 2.22. The number of hydrogen-bond donors (Lipinski definition) is 1. The van der Waals surface area contributed by atoms with Gasteiger partial charge in [-0.2, -0.15) is 0 Å². The van der Waals surface area contributed by atoms with Crippen LogP contribution in [0.1, 0.15) is 38.8 Å². The quantitative estimate of drug-likeness (QED) is 0.811. The molecule has 0 radical (unpaired) electrons. The van der Waals surface area contributed by atoms with E-state index in [1.165, 1.54) is 7.11 Å². The van der Waals surface area contributed by atoms with E-state index in [-0.39, 0.29) is 24.0 Å². The van der Waals surface area contributed by atoms with Gasteiger partial charge < -0.3 is 4.74 Å². The topological polar surface area (TPSA) is 38.3 Å². The summed E-state index contributed by atoms with van der Waals surface area (Å²) in [4.78, 5) is 11.8. The zero-order chi connectivity index (χ0) is 14.4. The van der Waals surface area contributed by atoms with E-state index in [0.717, 1.165) is 12.0 Å². The normalized spacial score (nSPS) is 14.2. The van der Waals surface area contributed by atoms with Gasteiger partial charge in [0.15, 0.2) is 0 Å². The summed E-state index contributed by atoms with van der Waals surface area (Å²) in [5.74, 6) is -0.0591. The first kappa shape index (κ1) is 16.0. The summed E-state index contributed by atoms with van der Waals surface area (Å²) in [5, 5.41) is 4.07. The molecule has 4 heteroatoms. The highest BCUT2D eigenvalue weighted by Gasteiger charge is 2.25. The summed E-state index contributed by atoms with van der Waals surface area (Å²) >= 11 is 6.02. The Bertz CT molecular complexity index is 420. The van der Waals surface area contributed by atoms with E-state index in [9.17, 15) is 4.79 Å². The van der Waals surface area contributed by atoms with Crippen molar-refractivity contribution in [1.82, 2.24) is 5.32 Å². The highest BCUT2D eigenvalue weighted by atomic mass is 35.5. The third-order valence-electron chi connectivity index (χ3n) is 3.16. The van der Waals surface area contributed by atoms with E-state index in [1.54, 1.807) is 0 Å². The minimum atomic E-state index is -0.311. The molecule has 0 fully saturated rings. The summed E-state index contributed by atoms with van der Waals surface area (Å²) < 4.78 is 4.85. The summed E-state index contributed by atoms with van der Waals surface area (Å²) in [6, 6.07) is 7.49. The number of methoxy groups -OCH3 is 1. The maximum atomic E-state index is 11.8. The van der Waals surface area contributed by atoms with Crippen molar-refractivity contribution in [2.24, 2.45) is 5.92 Å². The van der Waals surface area contributed by atoms with Crippen LogP contribution in [0, 0.1) is 5.92 Å². The van der Waals surface area contributed by atoms with E-state index in [1.807, 2.05) is 38.1 Å². The second kappa shape index (κ2) is 7.51. The van der Waals surface area contributed by atoms with Crippen molar-refractivity contribution in [2.75, 3.05) is 7.11 Å². The number of halogens is 1. The van der Waals surface area contributed by atoms with Crippen molar-refractivity contribution < 1.29 is 9.53 Å². The van der Waals surface area contributed by atoms with Gasteiger partial charge in [0.05, 0.1) is 7.11 Å². The Labute approximate surface area is 120 Å². The van der Waals surface area contributed by atoms with E-state index < -0.39 is 0 Å². The first-order valence-corrected chi connectivity index (χ1v) is 6.96. The summed E-state index contributed by atoms with van der Waals surface area (Å²) in [6.07, 6.45) is 0.876. The third kappa shape index (κ3) is 4.51. The molecule has 1 rings (SSSR count). The van der Waals surface area contributed by atoms with Crippen LogP contribution < -0.4 is 5.32 Å². The lowest BCUT2D eigenvalue weighted by molar-refractivity contribution is -0.144. The molecule has 0 aliphatic rings. The van der Waals surface area contributed by atoms with Crippen molar-refractivity contribution in [3.63, 3.8) is 0 Å². The van der Waals surface area contributed by atoms with Crippen LogP contribution >= 0.6 is 11.6 Å². The lowest BCUT2D eigenvalue weighted by Gasteiger charge is -2.26. The molecule has 0 amide bonds. The molecular weight excluding hydrogens is 262 g/mol. The molecule has 0 saturated carbocycles. The fourth-order valence-electron chi connectivity index (χ4n) is 2.05. The van der Waals surface area contributed by atoms with Crippen molar-refractivity contribution in [2.45, 2.75) is 39.3 Å². The molecular formula is C15H22ClNO2. The first-order chi connectivity index (χ1) is 8.99. The lowest BCUT2D eigenvalue weighted by Crippen LogP contribution is -2.43. The summed E-state index contributed by atoms with van der Waals surface area (Å²) in [6.45, 7) is 6.08. The van der Waals surface area contributed by atoms with Crippen LogP contribution in [0.25, 0.3) is 0 Å². The summed E-state index contributed by atoms with van der Waals surface area (Å²) in [7, 11) is 1.42. The molecule has 1 aromatic rings. The molecule has 0 aliphatic carbocycles. The predicted octanol–water partition coefficient (Wildman–Crippen LogP) is 3.58. The highest BCUT2D eigenvalue weighted by molar-refractivity contribution is 6.30. The van der Waals surface area contributed by atoms with Gasteiger partial charge in [0.25, 0.3) is 0 Å². The van der Waals surface area contributed by atoms with Gasteiger partial charge in [0.1, 0.15) is 6.04 Å². The molecule has 0 saturated heterocycles. The molecule has 0 heterocycles. The number of rotatable bonds is 6. The van der Waals surface area contributed by atoms with Crippen molar-refractivity contribution >= 4 is 17.6 Å². The van der Waals surface area contributed by atoms with E-state index in [2.05, 4.69) is 12.2 Å². The van der Waals surface area contributed by atoms with Gasteiger partial charge >= 0.3 is 5.97 Å². The minimum absolute atomic E-state index is 0.0881. The number of esters is 1. The molecule has 2 atom stereocenters. The van der Waals surface area contributed by atoms with Crippen LogP contribution in [-0.4, -0.2) is 19.1 Å². The first-order valence-electron chi connectivity index (χ1n) is 6.58. The molecule has 1 unspecified atom stereocenters. The van der Waals surface area contributed by atoms with Gasteiger partial charge in [0, 0.05) is 11.1 Å². The van der Waals surface area contributed by atoms with Gasteiger partial charge in [-0.05, 0) is 30.0 Å². The van der Waals surface area contributed by atoms with E-state index in [4.69, 9.17) is 16.3 Å². The fraction of sp³-hybridized carbons (Fsp3) is 0.533. The van der Waals surface area contributed by atoms with Crippen LogP contribution in [0.5, 0.6) is 0 Å². The number of nitrogens with one attached hydrogen (secondary N) is 1. The maximum absolute atomic E-state index is 11.8. The van der Waals surface area contributed by atoms with Gasteiger partial charge in [-0.15, -0.1) is 0 Å². The van der Waals surface area contributed by atoms with Crippen molar-refractivity contribution in [3.05, 3.63) is 34.9 Å². The maximum Gasteiger partial charge on any atom is 0.323 e. The van der Waals surface area contributed by atoms with Gasteiger partial charge in [-0.25, -0.2) is 0 Å². The standard InChI is InChI=1S/C15H22ClNO2/c1-5-13(11-7-6-8-12(16)9-11)17-14(10(2)3)15(18)19-4/h6-10,13-14,17H,5H2,1-4H3/t13?,14-/m0/s1. The van der Waals surface area contributed by atoms with Crippen LogP contribution in [-0.2, 0) is 9.53 Å². The third-order valence-corrected chi connectivity index (χ3v) is 3.40. The van der Waals surface area contributed by atoms with Crippen LogP contribution in [0.3, 0.4) is 0 Å². The summed E-state index contributed by atoms with van der Waals surface area (Å²) in [5.41, 5.74) is 1.09. The smallest absolute Gasteiger partial charge is 0.323 e. The van der Waals surface area contributed by atoms with Crippen LogP contribution in [0.4, 0.5) is 0 Å². The molecule has 3 nitrogen and oxygen atoms in total. The lowest BCUT2D eigenvalue weighted by atomic mass is 9.99. The van der Waals surface area contributed by atoms with Crippen LogP contribution in [0.15, 0.2) is 24.3 Å². The van der Waals surface area contributed by atoms with Gasteiger partial charge in [0.2, 0.25) is 0 Å². The minimum Gasteiger partial charge on any atom is -0.468 e. The second-order valence-corrected chi connectivity index (χ2v) is 5.36. The zero-order valence-corrected chi connectivity index (χ0v) is 12.7. The Morgan fingerprint density at radius 2 is 2.11 bits per heavy atom. The zero-order valence-electron chi connectivity index (χ0n) is 11.9. The number of benzene rings is 1. The fourth-order valence-corrected chi connectivity index (χ4v) is 2.25. The molecule has 1 aromatic carbocycles. The number of carbonyl (C=O) groups is 1. The Balaban J connectivity index is 2.88. The molecule has 0 bridgehead atoms. The second-order valence-electron chi connectivity index (χ2n) is 4.93. The van der Waals surface area contributed by atoms with Crippen LogP contribution in [0.2, 0.25) is 5.02 Å². The Morgan fingerprint density at radius 1 is 1.42 bits per heavy atom. The SMILES string of the molecule is CCC(N[C@H](C(=O)OC)C(C)C)c1cccc(Cl)c1. The average molecular weight is 284 g/mol. The molecule has 106 valence electrons. The molecule has 0 aliphatic heterocycles. The number of hydrogen-bond acceptors (Lipinski definition) is 3. The number of carbonyl (C=O) groups excluding carboxylic acids is 1. The Morgan fingerprint density at radius 3 is 2.58 bits per heavy atom. The Hall–Kier alpha value is -1.06. The number of ether oxygens (including phenoxy) is 1. The van der Waals surface area contributed by atoms with Gasteiger partial charge in [-0.1, -0.05) is 44.5 Å². The average Bonchev–Trinajstić information content (AvgIpc) is 2.38. The molecule has 19 heavy (non-hydrogen) atoms. The van der Waals surface area contributed by atoms with Crippen molar-refractivity contribution in [1.29, 1.82) is 0 Å². The van der Waals surface area contributed by atoms with Crippen molar-refractivity contribution in [3.8, 4) is 0 Å². The molecule has 0 spiro atoms. The van der Waals surface area contributed by atoms with Gasteiger partial charge in [-0.3, -0.25) is 10.1 Å². The molecule has 0 aromatic heterocycles. The largest absolute Gasteiger partial charge is 0.468 e. The van der Waals surface area contributed by atoms with E-state index >= 15 is 0 Å². The monoisotopic (exact) mass is 283 g/mol. The Kier molecular flexibility index (Phi) is 6.32. The predicted molar refractivity (Wildman–Crippen MR) is 78.3 cm³/mol. The molecule has 1 N–H and O–H groups in total. The van der Waals surface area contributed by atoms with E-state index in [0.29, 0.717) is 5.02 Å².